The lowest BCUT2D eigenvalue weighted by Crippen LogP contribution is -2.38. The number of likely N-dealkylation sites (N-methyl/N-ethyl adjacent to an activating group) is 1. The van der Waals surface area contributed by atoms with Gasteiger partial charge in [0, 0.05) is 38.6 Å². The molecule has 0 unspecified atom stereocenters. The summed E-state index contributed by atoms with van der Waals surface area (Å²) in [5.74, 6) is 0.0772. The Morgan fingerprint density at radius 3 is 2.46 bits per heavy atom. The third-order valence-electron chi connectivity index (χ3n) is 4.89. The molecule has 132 valence electrons. The van der Waals surface area contributed by atoms with E-state index >= 15 is 0 Å². The van der Waals surface area contributed by atoms with E-state index in [2.05, 4.69) is 4.90 Å². The van der Waals surface area contributed by atoms with Gasteiger partial charge in [-0.25, -0.2) is 12.7 Å². The second kappa shape index (κ2) is 6.82. The smallest absolute Gasteiger partial charge is 0.227 e. The standard InChI is InChI=1S/C17H25N3O3S/c1-18(2)8-9-19-10-15-11-20(12-16(15)17(19)21)24(22,23)13-14-6-4-3-5-7-14/h3-7,15-16H,8-13H2,1-2H3/t15-,16+/m1/s1. The van der Waals surface area contributed by atoms with Crippen molar-refractivity contribution in [2.75, 3.05) is 46.8 Å². The Bertz CT molecular complexity index is 690. The first kappa shape index (κ1) is 17.4. The van der Waals surface area contributed by atoms with Crippen molar-refractivity contribution in [2.24, 2.45) is 11.8 Å². The largest absolute Gasteiger partial charge is 0.341 e. The summed E-state index contributed by atoms with van der Waals surface area (Å²) < 4.78 is 26.8. The van der Waals surface area contributed by atoms with Gasteiger partial charge < -0.3 is 9.80 Å². The lowest BCUT2D eigenvalue weighted by atomic mass is 10.0. The third-order valence-corrected chi connectivity index (χ3v) is 6.68. The summed E-state index contributed by atoms with van der Waals surface area (Å²) >= 11 is 0. The first-order valence-electron chi connectivity index (χ1n) is 8.32. The Balaban J connectivity index is 1.62. The number of fused-ring (bicyclic) bond motifs is 1. The van der Waals surface area contributed by atoms with Crippen molar-refractivity contribution in [1.82, 2.24) is 14.1 Å². The first-order chi connectivity index (χ1) is 11.4. The molecule has 0 aliphatic carbocycles. The molecule has 0 spiro atoms. The van der Waals surface area contributed by atoms with E-state index in [1.54, 1.807) is 0 Å². The highest BCUT2D eigenvalue weighted by molar-refractivity contribution is 7.88. The highest BCUT2D eigenvalue weighted by Crippen LogP contribution is 2.34. The van der Waals surface area contributed by atoms with Gasteiger partial charge in [-0.1, -0.05) is 30.3 Å². The number of nitrogens with zero attached hydrogens (tertiary/aromatic N) is 3. The Morgan fingerprint density at radius 1 is 1.12 bits per heavy atom. The molecule has 2 heterocycles. The van der Waals surface area contributed by atoms with Gasteiger partial charge in [0.05, 0.1) is 11.7 Å². The molecule has 1 aromatic rings. The monoisotopic (exact) mass is 351 g/mol. The number of sulfonamides is 1. The maximum absolute atomic E-state index is 12.6. The van der Waals surface area contributed by atoms with E-state index in [0.29, 0.717) is 19.6 Å². The van der Waals surface area contributed by atoms with E-state index in [0.717, 1.165) is 18.7 Å². The van der Waals surface area contributed by atoms with Crippen LogP contribution in [0.3, 0.4) is 0 Å². The van der Waals surface area contributed by atoms with Crippen molar-refractivity contribution in [1.29, 1.82) is 0 Å². The third kappa shape index (κ3) is 3.63. The van der Waals surface area contributed by atoms with Crippen LogP contribution in [-0.4, -0.2) is 75.2 Å². The molecule has 2 aliphatic rings. The SMILES string of the molecule is CN(C)CCN1C[C@@H]2CN(S(=O)(=O)Cc3ccccc3)C[C@@H]2C1=O. The van der Waals surface area contributed by atoms with Crippen molar-refractivity contribution < 1.29 is 13.2 Å². The van der Waals surface area contributed by atoms with Crippen LogP contribution in [0.25, 0.3) is 0 Å². The molecule has 0 N–H and O–H groups in total. The number of amides is 1. The van der Waals surface area contributed by atoms with Crippen molar-refractivity contribution >= 4 is 15.9 Å². The molecule has 6 nitrogen and oxygen atoms in total. The molecular formula is C17H25N3O3S. The molecule has 0 saturated carbocycles. The number of likely N-dealkylation sites (tertiary alicyclic amines) is 1. The maximum Gasteiger partial charge on any atom is 0.227 e. The minimum Gasteiger partial charge on any atom is -0.341 e. The minimum atomic E-state index is -3.37. The summed E-state index contributed by atoms with van der Waals surface area (Å²) in [4.78, 5) is 16.5. The fraction of sp³-hybridized carbons (Fsp3) is 0.588. The Labute approximate surface area is 144 Å². The Morgan fingerprint density at radius 2 is 1.83 bits per heavy atom. The van der Waals surface area contributed by atoms with E-state index in [-0.39, 0.29) is 23.5 Å². The maximum atomic E-state index is 12.6. The zero-order chi connectivity index (χ0) is 17.3. The van der Waals surface area contributed by atoms with Gasteiger partial charge in [0.25, 0.3) is 0 Å². The van der Waals surface area contributed by atoms with E-state index < -0.39 is 10.0 Å². The molecule has 2 saturated heterocycles. The van der Waals surface area contributed by atoms with Gasteiger partial charge in [-0.3, -0.25) is 4.79 Å². The fourth-order valence-electron chi connectivity index (χ4n) is 3.53. The van der Waals surface area contributed by atoms with Crippen LogP contribution < -0.4 is 0 Å². The van der Waals surface area contributed by atoms with Crippen LogP contribution in [0, 0.1) is 11.8 Å². The molecule has 1 amide bonds. The van der Waals surface area contributed by atoms with Crippen LogP contribution >= 0.6 is 0 Å². The van der Waals surface area contributed by atoms with Gasteiger partial charge in [-0.15, -0.1) is 0 Å². The average Bonchev–Trinajstić information content (AvgIpc) is 3.06. The van der Waals surface area contributed by atoms with Crippen molar-refractivity contribution in [2.45, 2.75) is 5.75 Å². The average molecular weight is 351 g/mol. The number of hydrogen-bond acceptors (Lipinski definition) is 4. The van der Waals surface area contributed by atoms with Gasteiger partial charge in [-0.2, -0.15) is 0 Å². The number of carbonyl (C=O) groups is 1. The van der Waals surface area contributed by atoms with E-state index in [9.17, 15) is 13.2 Å². The van der Waals surface area contributed by atoms with Crippen molar-refractivity contribution in [3.8, 4) is 0 Å². The summed E-state index contributed by atoms with van der Waals surface area (Å²) in [6.45, 7) is 3.02. The minimum absolute atomic E-state index is 0.00577. The molecule has 2 fully saturated rings. The molecule has 7 heteroatoms. The number of rotatable bonds is 6. The molecule has 3 rings (SSSR count). The lowest BCUT2D eigenvalue weighted by molar-refractivity contribution is -0.131. The predicted molar refractivity (Wildman–Crippen MR) is 92.8 cm³/mol. The van der Waals surface area contributed by atoms with Gasteiger partial charge in [0.2, 0.25) is 15.9 Å². The molecule has 24 heavy (non-hydrogen) atoms. The molecule has 2 atom stereocenters. The van der Waals surface area contributed by atoms with Gasteiger partial charge in [0.15, 0.2) is 0 Å². The molecule has 0 aromatic heterocycles. The zero-order valence-corrected chi connectivity index (χ0v) is 15.1. The fourth-order valence-corrected chi connectivity index (χ4v) is 5.13. The van der Waals surface area contributed by atoms with Crippen molar-refractivity contribution in [3.63, 3.8) is 0 Å². The van der Waals surface area contributed by atoms with Crippen LogP contribution in [0.4, 0.5) is 0 Å². The molecule has 0 bridgehead atoms. The lowest BCUT2D eigenvalue weighted by Gasteiger charge is -2.23. The zero-order valence-electron chi connectivity index (χ0n) is 14.3. The first-order valence-corrected chi connectivity index (χ1v) is 9.93. The summed E-state index contributed by atoms with van der Waals surface area (Å²) in [7, 11) is 0.603. The molecule has 1 aromatic carbocycles. The Kier molecular flexibility index (Phi) is 4.94. The second-order valence-electron chi connectivity index (χ2n) is 7.01. The summed E-state index contributed by atoms with van der Waals surface area (Å²) in [5, 5.41) is 0. The van der Waals surface area contributed by atoms with Crippen LogP contribution in [0.15, 0.2) is 30.3 Å². The van der Waals surface area contributed by atoms with Crippen molar-refractivity contribution in [3.05, 3.63) is 35.9 Å². The predicted octanol–water partition coefficient (Wildman–Crippen LogP) is 0.468. The summed E-state index contributed by atoms with van der Waals surface area (Å²) in [6, 6.07) is 9.20. The van der Waals surface area contributed by atoms with E-state index in [4.69, 9.17) is 0 Å². The number of hydrogen-bond donors (Lipinski definition) is 0. The Hall–Kier alpha value is -1.44. The highest BCUT2D eigenvalue weighted by Gasteiger charge is 2.48. The highest BCUT2D eigenvalue weighted by atomic mass is 32.2. The molecule has 0 radical (unpaired) electrons. The quantitative estimate of drug-likeness (QED) is 0.747. The van der Waals surface area contributed by atoms with Gasteiger partial charge in [-0.05, 0) is 19.7 Å². The topological polar surface area (TPSA) is 60.9 Å². The van der Waals surface area contributed by atoms with Crippen LogP contribution in [0.1, 0.15) is 5.56 Å². The van der Waals surface area contributed by atoms with Gasteiger partial charge in [0.1, 0.15) is 0 Å². The normalized spacial score (nSPS) is 24.8. The molecule has 2 aliphatic heterocycles. The van der Waals surface area contributed by atoms with Crippen LogP contribution in [0.5, 0.6) is 0 Å². The van der Waals surface area contributed by atoms with Crippen LogP contribution in [-0.2, 0) is 20.6 Å². The number of benzene rings is 1. The van der Waals surface area contributed by atoms with Gasteiger partial charge >= 0.3 is 0 Å². The van der Waals surface area contributed by atoms with E-state index in [1.807, 2.05) is 49.3 Å². The summed E-state index contributed by atoms with van der Waals surface area (Å²) in [6.07, 6.45) is 0. The van der Waals surface area contributed by atoms with Crippen LogP contribution in [0.2, 0.25) is 0 Å². The van der Waals surface area contributed by atoms with E-state index in [1.165, 1.54) is 4.31 Å². The second-order valence-corrected chi connectivity index (χ2v) is 8.98. The summed E-state index contributed by atoms with van der Waals surface area (Å²) in [5.41, 5.74) is 0.786. The molecular weight excluding hydrogens is 326 g/mol. The number of carbonyl (C=O) groups excluding carboxylic acids is 1.